The van der Waals surface area contributed by atoms with Crippen LogP contribution in [0.1, 0.15) is 23.7 Å². The van der Waals surface area contributed by atoms with Crippen molar-refractivity contribution in [2.24, 2.45) is 11.7 Å². The van der Waals surface area contributed by atoms with Crippen LogP contribution in [0.3, 0.4) is 0 Å². The van der Waals surface area contributed by atoms with E-state index in [9.17, 15) is 14.9 Å². The Hall–Kier alpha value is -1.47. The number of nitrogens with two attached hydrogens (primary N) is 1. The van der Waals surface area contributed by atoms with Gasteiger partial charge in [-0.15, -0.1) is 0 Å². The molecule has 1 aliphatic heterocycles. The molecule has 20 heavy (non-hydrogen) atoms. The van der Waals surface area contributed by atoms with E-state index in [-0.39, 0.29) is 23.6 Å². The Labute approximate surface area is 125 Å². The van der Waals surface area contributed by atoms with Gasteiger partial charge in [0.05, 0.1) is 10.5 Å². The van der Waals surface area contributed by atoms with Crippen LogP contribution in [0.4, 0.5) is 5.69 Å². The number of nitro groups is 1. The molecule has 0 radical (unpaired) electrons. The summed E-state index contributed by atoms with van der Waals surface area (Å²) in [5.74, 6) is 0.0319. The second kappa shape index (κ2) is 5.88. The maximum Gasteiger partial charge on any atom is 0.270 e. The average Bonchev–Trinajstić information content (AvgIpc) is 2.41. The molecule has 6 nitrogen and oxygen atoms in total. The van der Waals surface area contributed by atoms with Crippen LogP contribution in [-0.4, -0.2) is 34.9 Å². The second-order valence-electron chi connectivity index (χ2n) is 5.10. The Balaban J connectivity index is 2.25. The van der Waals surface area contributed by atoms with Crippen molar-refractivity contribution in [1.82, 2.24) is 4.90 Å². The van der Waals surface area contributed by atoms with E-state index in [1.807, 2.05) is 6.92 Å². The van der Waals surface area contributed by atoms with Crippen molar-refractivity contribution in [2.75, 3.05) is 13.1 Å². The predicted octanol–water partition coefficient (Wildman–Crippen LogP) is 2.17. The lowest BCUT2D eigenvalue weighted by Gasteiger charge is -2.35. The fourth-order valence-corrected chi connectivity index (χ4v) is 2.73. The summed E-state index contributed by atoms with van der Waals surface area (Å²) in [5, 5.41) is 10.8. The van der Waals surface area contributed by atoms with E-state index in [1.165, 1.54) is 18.2 Å². The van der Waals surface area contributed by atoms with E-state index >= 15 is 0 Å². The van der Waals surface area contributed by atoms with Gasteiger partial charge in [0.25, 0.3) is 11.6 Å². The number of carbonyl (C=O) groups is 1. The molecule has 1 heterocycles. The summed E-state index contributed by atoms with van der Waals surface area (Å²) in [6, 6.07) is 4.32. The molecule has 1 saturated heterocycles. The van der Waals surface area contributed by atoms with E-state index in [0.717, 1.165) is 6.42 Å². The lowest BCUT2D eigenvalue weighted by atomic mass is 9.94. The molecule has 2 atom stereocenters. The van der Waals surface area contributed by atoms with Crippen molar-refractivity contribution in [3.8, 4) is 0 Å². The molecule has 1 aromatic rings. The number of carbonyl (C=O) groups excluding carboxylic acids is 1. The Morgan fingerprint density at radius 2 is 2.25 bits per heavy atom. The highest BCUT2D eigenvalue weighted by Crippen LogP contribution is 2.25. The number of piperidine rings is 1. The number of halogens is 1. The first-order valence-corrected chi connectivity index (χ1v) is 7.18. The van der Waals surface area contributed by atoms with E-state index < -0.39 is 4.92 Å². The first-order valence-electron chi connectivity index (χ1n) is 6.39. The first-order chi connectivity index (χ1) is 9.40. The van der Waals surface area contributed by atoms with E-state index in [2.05, 4.69) is 15.9 Å². The zero-order valence-corrected chi connectivity index (χ0v) is 12.7. The number of benzene rings is 1. The van der Waals surface area contributed by atoms with Crippen molar-refractivity contribution in [2.45, 2.75) is 19.4 Å². The van der Waals surface area contributed by atoms with E-state index in [4.69, 9.17) is 5.73 Å². The molecule has 1 amide bonds. The molecule has 2 N–H and O–H groups in total. The quantitative estimate of drug-likeness (QED) is 0.659. The van der Waals surface area contributed by atoms with Gasteiger partial charge in [-0.3, -0.25) is 14.9 Å². The molecule has 1 aromatic carbocycles. The Bertz CT molecular complexity index is 550. The third-order valence-corrected chi connectivity index (χ3v) is 4.34. The van der Waals surface area contributed by atoms with Gasteiger partial charge >= 0.3 is 0 Å². The van der Waals surface area contributed by atoms with Gasteiger partial charge in [-0.05, 0) is 34.3 Å². The van der Waals surface area contributed by atoms with E-state index in [1.54, 1.807) is 4.90 Å². The van der Waals surface area contributed by atoms with Crippen molar-refractivity contribution in [1.29, 1.82) is 0 Å². The fourth-order valence-electron chi connectivity index (χ4n) is 2.31. The largest absolute Gasteiger partial charge is 0.338 e. The summed E-state index contributed by atoms with van der Waals surface area (Å²) in [6.45, 7) is 3.17. The molecule has 7 heteroatoms. The highest BCUT2D eigenvalue weighted by Gasteiger charge is 2.28. The minimum absolute atomic E-state index is 0.0849. The van der Waals surface area contributed by atoms with Crippen LogP contribution in [0.5, 0.6) is 0 Å². The number of rotatable bonds is 2. The van der Waals surface area contributed by atoms with Crippen molar-refractivity contribution < 1.29 is 9.72 Å². The molecular formula is C13H16BrN3O3. The summed E-state index contributed by atoms with van der Waals surface area (Å²) >= 11 is 3.28. The van der Waals surface area contributed by atoms with Gasteiger partial charge in [-0.1, -0.05) is 6.92 Å². The minimum atomic E-state index is -0.502. The molecule has 2 unspecified atom stereocenters. The van der Waals surface area contributed by atoms with Crippen LogP contribution in [-0.2, 0) is 0 Å². The van der Waals surface area contributed by atoms with Gasteiger partial charge in [0.2, 0.25) is 0 Å². The zero-order chi connectivity index (χ0) is 14.9. The number of amides is 1. The maximum atomic E-state index is 12.5. The van der Waals surface area contributed by atoms with Crippen molar-refractivity contribution in [3.63, 3.8) is 0 Å². The molecule has 2 rings (SSSR count). The number of nitrogens with zero attached hydrogens (tertiary/aromatic N) is 2. The van der Waals surface area contributed by atoms with Gasteiger partial charge in [0, 0.05) is 35.7 Å². The highest BCUT2D eigenvalue weighted by atomic mass is 79.9. The smallest absolute Gasteiger partial charge is 0.270 e. The van der Waals surface area contributed by atoms with Crippen LogP contribution in [0, 0.1) is 16.0 Å². The van der Waals surface area contributed by atoms with Crippen LogP contribution in [0.15, 0.2) is 22.7 Å². The highest BCUT2D eigenvalue weighted by molar-refractivity contribution is 9.10. The standard InChI is InChI=1S/C13H16BrN3O3/c1-8-7-16(5-4-12(8)15)13(18)10-6-9(17(19)20)2-3-11(10)14/h2-3,6,8,12H,4-5,7,15H2,1H3. The number of hydrogen-bond acceptors (Lipinski definition) is 4. The van der Waals surface area contributed by atoms with Gasteiger partial charge in [0.1, 0.15) is 0 Å². The molecular weight excluding hydrogens is 326 g/mol. The van der Waals surface area contributed by atoms with E-state index in [0.29, 0.717) is 23.1 Å². The summed E-state index contributed by atoms with van der Waals surface area (Å²) in [4.78, 5) is 24.5. The van der Waals surface area contributed by atoms with Crippen LogP contribution >= 0.6 is 15.9 Å². The second-order valence-corrected chi connectivity index (χ2v) is 5.96. The summed E-state index contributed by atoms with van der Waals surface area (Å²) in [5.41, 5.74) is 6.17. The van der Waals surface area contributed by atoms with Gasteiger partial charge in [-0.25, -0.2) is 0 Å². The van der Waals surface area contributed by atoms with Gasteiger partial charge in [-0.2, -0.15) is 0 Å². The average molecular weight is 342 g/mol. The Morgan fingerprint density at radius 1 is 1.55 bits per heavy atom. The summed E-state index contributed by atoms with van der Waals surface area (Å²) in [6.07, 6.45) is 0.749. The van der Waals surface area contributed by atoms with Crippen molar-refractivity contribution in [3.05, 3.63) is 38.3 Å². The summed E-state index contributed by atoms with van der Waals surface area (Å²) < 4.78 is 0.565. The molecule has 0 aromatic heterocycles. The molecule has 1 fully saturated rings. The molecule has 0 bridgehead atoms. The lowest BCUT2D eigenvalue weighted by Crippen LogP contribution is -2.48. The SMILES string of the molecule is CC1CN(C(=O)c2cc([N+](=O)[O-])ccc2Br)CCC1N. The predicted molar refractivity (Wildman–Crippen MR) is 78.5 cm³/mol. The topological polar surface area (TPSA) is 89.5 Å². The van der Waals surface area contributed by atoms with Gasteiger partial charge < -0.3 is 10.6 Å². The number of non-ortho nitro benzene ring substituents is 1. The van der Waals surface area contributed by atoms with Crippen molar-refractivity contribution >= 4 is 27.5 Å². The van der Waals surface area contributed by atoms with Crippen LogP contribution in [0.2, 0.25) is 0 Å². The Kier molecular flexibility index (Phi) is 4.39. The fraction of sp³-hybridized carbons (Fsp3) is 0.462. The van der Waals surface area contributed by atoms with Crippen LogP contribution in [0.25, 0.3) is 0 Å². The number of likely N-dealkylation sites (tertiary alicyclic amines) is 1. The van der Waals surface area contributed by atoms with Gasteiger partial charge in [0.15, 0.2) is 0 Å². The molecule has 0 aliphatic carbocycles. The third-order valence-electron chi connectivity index (χ3n) is 3.65. The van der Waals surface area contributed by atoms with Crippen LogP contribution < -0.4 is 5.73 Å². The summed E-state index contributed by atoms with van der Waals surface area (Å²) in [7, 11) is 0. The zero-order valence-electron chi connectivity index (χ0n) is 11.1. The number of hydrogen-bond donors (Lipinski definition) is 1. The maximum absolute atomic E-state index is 12.5. The third kappa shape index (κ3) is 2.99. The molecule has 0 spiro atoms. The molecule has 0 saturated carbocycles. The Morgan fingerprint density at radius 3 is 2.85 bits per heavy atom. The lowest BCUT2D eigenvalue weighted by molar-refractivity contribution is -0.384. The first kappa shape index (κ1) is 14.9. The molecule has 1 aliphatic rings. The molecule has 108 valence electrons. The minimum Gasteiger partial charge on any atom is -0.338 e. The number of nitro benzene ring substituents is 1. The monoisotopic (exact) mass is 341 g/mol. The normalized spacial score (nSPS) is 22.6.